The molecule has 0 radical (unpaired) electrons. The lowest BCUT2D eigenvalue weighted by atomic mass is 10.0. The van der Waals surface area contributed by atoms with E-state index in [1.54, 1.807) is 6.92 Å². The highest BCUT2D eigenvalue weighted by Crippen LogP contribution is 2.35. The van der Waals surface area contributed by atoms with E-state index in [1.807, 2.05) is 7.05 Å². The van der Waals surface area contributed by atoms with Crippen molar-refractivity contribution >= 4 is 27.3 Å². The zero-order chi connectivity index (χ0) is 21.8. The highest BCUT2D eigenvalue weighted by molar-refractivity contribution is 7.92. The first kappa shape index (κ1) is 22.9. The Balaban J connectivity index is 2.41. The van der Waals surface area contributed by atoms with Gasteiger partial charge in [0.15, 0.2) is 0 Å². The molecule has 0 saturated carbocycles. The minimum atomic E-state index is -3.94. The Kier molecular flexibility index (Phi) is 7.42. The molecule has 0 unspecified atom stereocenters. The van der Waals surface area contributed by atoms with Crippen LogP contribution in [0.5, 0.6) is 5.75 Å². The topological polar surface area (TPSA) is 122 Å². The predicted octanol–water partition coefficient (Wildman–Crippen LogP) is 1.36. The second-order valence-electron chi connectivity index (χ2n) is 7.18. The molecule has 0 bridgehead atoms. The lowest BCUT2D eigenvalue weighted by molar-refractivity contribution is -0.384. The SMILES string of the molecule is CC[C@H](C(=O)NC1CCN(C)CC1)N(c1cc([N+](=O)[O-])ccc1OC)S(C)(=O)=O. The van der Waals surface area contributed by atoms with Crippen molar-refractivity contribution in [2.45, 2.75) is 38.3 Å². The number of amides is 1. The zero-order valence-electron chi connectivity index (χ0n) is 17.1. The number of nitrogens with one attached hydrogen (secondary N) is 1. The van der Waals surface area contributed by atoms with Gasteiger partial charge in [-0.15, -0.1) is 0 Å². The molecule has 0 aliphatic carbocycles. The number of piperidine rings is 1. The summed E-state index contributed by atoms with van der Waals surface area (Å²) in [4.78, 5) is 25.7. The quantitative estimate of drug-likeness (QED) is 0.490. The van der Waals surface area contributed by atoms with Crippen molar-refractivity contribution in [2.24, 2.45) is 0 Å². The van der Waals surface area contributed by atoms with Crippen LogP contribution in [0.1, 0.15) is 26.2 Å². The first-order valence-electron chi connectivity index (χ1n) is 9.39. The molecule has 0 spiro atoms. The fourth-order valence-corrected chi connectivity index (χ4v) is 4.66. The van der Waals surface area contributed by atoms with E-state index in [2.05, 4.69) is 10.2 Å². The van der Waals surface area contributed by atoms with E-state index in [-0.39, 0.29) is 29.6 Å². The molecule has 1 heterocycles. The number of hydrogen-bond donors (Lipinski definition) is 1. The Morgan fingerprint density at radius 1 is 1.41 bits per heavy atom. The minimum Gasteiger partial charge on any atom is -0.495 e. The number of nitrogens with zero attached hydrogens (tertiary/aromatic N) is 3. The van der Waals surface area contributed by atoms with Gasteiger partial charge in [-0.1, -0.05) is 6.92 Å². The summed E-state index contributed by atoms with van der Waals surface area (Å²) in [5, 5.41) is 14.1. The number of anilines is 1. The smallest absolute Gasteiger partial charge is 0.271 e. The third kappa shape index (κ3) is 5.57. The number of carbonyl (C=O) groups is 1. The van der Waals surface area contributed by atoms with Crippen molar-refractivity contribution in [1.82, 2.24) is 10.2 Å². The third-order valence-corrected chi connectivity index (χ3v) is 6.17. The van der Waals surface area contributed by atoms with E-state index in [1.165, 1.54) is 19.2 Å². The van der Waals surface area contributed by atoms with Gasteiger partial charge >= 0.3 is 0 Å². The lowest BCUT2D eigenvalue weighted by Gasteiger charge is -2.34. The van der Waals surface area contributed by atoms with Crippen LogP contribution in [0.25, 0.3) is 0 Å². The van der Waals surface area contributed by atoms with Gasteiger partial charge < -0.3 is 15.0 Å². The number of benzene rings is 1. The molecule has 1 aromatic carbocycles. The summed E-state index contributed by atoms with van der Waals surface area (Å²) in [7, 11) is -0.592. The van der Waals surface area contributed by atoms with Crippen LogP contribution >= 0.6 is 0 Å². The molecule has 1 amide bonds. The first-order chi connectivity index (χ1) is 13.6. The Morgan fingerprint density at radius 3 is 2.52 bits per heavy atom. The number of likely N-dealkylation sites (tertiary alicyclic amines) is 1. The number of sulfonamides is 1. The van der Waals surface area contributed by atoms with E-state index in [0.717, 1.165) is 42.6 Å². The average molecular weight is 429 g/mol. The summed E-state index contributed by atoms with van der Waals surface area (Å²) in [6.45, 7) is 3.38. The molecule has 29 heavy (non-hydrogen) atoms. The fraction of sp³-hybridized carbons (Fsp3) is 0.611. The van der Waals surface area contributed by atoms with Gasteiger partial charge in [0.1, 0.15) is 17.5 Å². The van der Waals surface area contributed by atoms with Crippen molar-refractivity contribution < 1.29 is 22.9 Å². The number of hydrogen-bond acceptors (Lipinski definition) is 7. The molecule has 1 aliphatic heterocycles. The molecule has 11 heteroatoms. The van der Waals surface area contributed by atoms with Crippen LogP contribution < -0.4 is 14.4 Å². The van der Waals surface area contributed by atoms with Gasteiger partial charge in [0.25, 0.3) is 5.69 Å². The molecule has 1 atom stereocenters. The van der Waals surface area contributed by atoms with E-state index in [9.17, 15) is 23.3 Å². The minimum absolute atomic E-state index is 0.0328. The van der Waals surface area contributed by atoms with E-state index >= 15 is 0 Å². The van der Waals surface area contributed by atoms with E-state index < -0.39 is 26.9 Å². The van der Waals surface area contributed by atoms with Crippen molar-refractivity contribution in [3.8, 4) is 5.75 Å². The molecule has 2 rings (SSSR count). The van der Waals surface area contributed by atoms with Crippen molar-refractivity contribution in [3.05, 3.63) is 28.3 Å². The summed E-state index contributed by atoms with van der Waals surface area (Å²) >= 11 is 0. The number of methoxy groups -OCH3 is 1. The summed E-state index contributed by atoms with van der Waals surface area (Å²) in [5.74, 6) is -0.299. The van der Waals surface area contributed by atoms with Gasteiger partial charge in [-0.3, -0.25) is 19.2 Å². The van der Waals surface area contributed by atoms with Gasteiger partial charge in [0.05, 0.1) is 18.3 Å². The molecule has 0 aromatic heterocycles. The maximum atomic E-state index is 13.0. The van der Waals surface area contributed by atoms with Crippen molar-refractivity contribution in [1.29, 1.82) is 0 Å². The van der Waals surface area contributed by atoms with Gasteiger partial charge in [-0.2, -0.15) is 0 Å². The number of non-ortho nitro benzene ring substituents is 1. The third-order valence-electron chi connectivity index (χ3n) is 5.01. The largest absolute Gasteiger partial charge is 0.495 e. The van der Waals surface area contributed by atoms with Crippen LogP contribution in [-0.2, 0) is 14.8 Å². The number of nitro benzene ring substituents is 1. The fourth-order valence-electron chi connectivity index (χ4n) is 3.45. The second-order valence-corrected chi connectivity index (χ2v) is 9.04. The Morgan fingerprint density at radius 2 is 2.03 bits per heavy atom. The van der Waals surface area contributed by atoms with Gasteiger partial charge in [-0.05, 0) is 45.5 Å². The Labute approximate surface area is 171 Å². The molecule has 162 valence electrons. The molecule has 10 nitrogen and oxygen atoms in total. The summed E-state index contributed by atoms with van der Waals surface area (Å²) in [5.41, 5.74) is -0.324. The second kappa shape index (κ2) is 9.40. The predicted molar refractivity (Wildman–Crippen MR) is 110 cm³/mol. The van der Waals surface area contributed by atoms with Crippen LogP contribution in [0.3, 0.4) is 0 Å². The van der Waals surface area contributed by atoms with Crippen LogP contribution in [-0.4, -0.2) is 69.7 Å². The van der Waals surface area contributed by atoms with Crippen molar-refractivity contribution in [3.63, 3.8) is 0 Å². The standard InChI is InChI=1S/C18H28N4O6S/c1-5-15(18(23)19-13-8-10-20(2)11-9-13)21(29(4,26)27)16-12-14(22(24)25)6-7-17(16)28-3/h6-7,12-13,15H,5,8-11H2,1-4H3,(H,19,23)/t15-/m1/s1. The van der Waals surface area contributed by atoms with Crippen LogP contribution in [0.4, 0.5) is 11.4 Å². The van der Waals surface area contributed by atoms with Gasteiger partial charge in [0, 0.05) is 18.2 Å². The normalized spacial score (nSPS) is 16.8. The van der Waals surface area contributed by atoms with E-state index in [4.69, 9.17) is 4.74 Å². The summed E-state index contributed by atoms with van der Waals surface area (Å²) in [6.07, 6.45) is 2.71. The molecule has 1 aliphatic rings. The number of carbonyl (C=O) groups excluding carboxylic acids is 1. The molecular weight excluding hydrogens is 400 g/mol. The van der Waals surface area contributed by atoms with Crippen molar-refractivity contribution in [2.75, 3.05) is 37.8 Å². The Bertz CT molecular complexity index is 852. The van der Waals surface area contributed by atoms with Gasteiger partial charge in [0.2, 0.25) is 15.9 Å². The molecule has 1 fully saturated rings. The Hall–Kier alpha value is -2.40. The monoisotopic (exact) mass is 428 g/mol. The zero-order valence-corrected chi connectivity index (χ0v) is 17.9. The number of ether oxygens (including phenoxy) is 1. The number of rotatable bonds is 8. The van der Waals surface area contributed by atoms with E-state index in [0.29, 0.717) is 0 Å². The van der Waals surface area contributed by atoms with Crippen LogP contribution in [0.15, 0.2) is 18.2 Å². The highest BCUT2D eigenvalue weighted by atomic mass is 32.2. The van der Waals surface area contributed by atoms with Crippen LogP contribution in [0.2, 0.25) is 0 Å². The maximum absolute atomic E-state index is 13.0. The molecule has 1 N–H and O–H groups in total. The number of nitro groups is 1. The van der Waals surface area contributed by atoms with Crippen LogP contribution in [0, 0.1) is 10.1 Å². The van der Waals surface area contributed by atoms with Gasteiger partial charge in [-0.25, -0.2) is 8.42 Å². The lowest BCUT2D eigenvalue weighted by Crippen LogP contribution is -2.53. The summed E-state index contributed by atoms with van der Waals surface area (Å²) < 4.78 is 31.4. The average Bonchev–Trinajstić information content (AvgIpc) is 2.66. The molecule has 1 aromatic rings. The molecule has 1 saturated heterocycles. The first-order valence-corrected chi connectivity index (χ1v) is 11.2. The molecular formula is C18H28N4O6S. The maximum Gasteiger partial charge on any atom is 0.271 e. The highest BCUT2D eigenvalue weighted by Gasteiger charge is 2.35. The summed E-state index contributed by atoms with van der Waals surface area (Å²) in [6, 6.07) is 2.57.